The SMILES string of the molecule is COCCN(Cc1cccnc1)S(=O)(=O)CC1CCCCO1. The third-order valence-corrected chi connectivity index (χ3v) is 5.58. The van der Waals surface area contributed by atoms with Crippen molar-refractivity contribution in [1.29, 1.82) is 0 Å². The van der Waals surface area contributed by atoms with Gasteiger partial charge in [-0.15, -0.1) is 0 Å². The number of hydrogen-bond donors (Lipinski definition) is 0. The average molecular weight is 328 g/mol. The molecule has 0 saturated carbocycles. The lowest BCUT2D eigenvalue weighted by atomic mass is 10.1. The molecule has 22 heavy (non-hydrogen) atoms. The van der Waals surface area contributed by atoms with Gasteiger partial charge in [0.05, 0.1) is 18.5 Å². The van der Waals surface area contributed by atoms with E-state index in [1.807, 2.05) is 6.07 Å². The summed E-state index contributed by atoms with van der Waals surface area (Å²) in [4.78, 5) is 4.04. The first kappa shape index (κ1) is 17.3. The highest BCUT2D eigenvalue weighted by Crippen LogP contribution is 2.17. The van der Waals surface area contributed by atoms with Gasteiger partial charge in [-0.25, -0.2) is 8.42 Å². The van der Waals surface area contributed by atoms with Gasteiger partial charge in [0.1, 0.15) is 0 Å². The zero-order valence-electron chi connectivity index (χ0n) is 13.0. The molecule has 2 rings (SSSR count). The summed E-state index contributed by atoms with van der Waals surface area (Å²) >= 11 is 0. The molecular weight excluding hydrogens is 304 g/mol. The van der Waals surface area contributed by atoms with E-state index >= 15 is 0 Å². The third kappa shape index (κ3) is 5.31. The van der Waals surface area contributed by atoms with Gasteiger partial charge in [0.25, 0.3) is 0 Å². The average Bonchev–Trinajstić information content (AvgIpc) is 2.53. The maximum atomic E-state index is 12.7. The van der Waals surface area contributed by atoms with Crippen LogP contribution in [0.1, 0.15) is 24.8 Å². The number of rotatable bonds is 8. The van der Waals surface area contributed by atoms with Gasteiger partial charge in [-0.05, 0) is 30.9 Å². The fourth-order valence-electron chi connectivity index (χ4n) is 2.48. The number of nitrogens with zero attached hydrogens (tertiary/aromatic N) is 2. The third-order valence-electron chi connectivity index (χ3n) is 3.69. The molecule has 0 amide bonds. The Labute approximate surface area is 132 Å². The summed E-state index contributed by atoms with van der Waals surface area (Å²) in [6, 6.07) is 3.68. The largest absolute Gasteiger partial charge is 0.383 e. The standard InChI is InChI=1S/C15H24N2O4S/c1-20-10-8-17(12-14-5-4-7-16-11-14)22(18,19)13-15-6-2-3-9-21-15/h4-5,7,11,15H,2-3,6,8-10,12-13H2,1H3. The predicted molar refractivity (Wildman–Crippen MR) is 83.9 cm³/mol. The molecule has 1 aromatic heterocycles. The second-order valence-corrected chi connectivity index (χ2v) is 7.47. The summed E-state index contributed by atoms with van der Waals surface area (Å²) in [5.41, 5.74) is 0.867. The molecule has 7 heteroatoms. The van der Waals surface area contributed by atoms with Gasteiger partial charge >= 0.3 is 0 Å². The van der Waals surface area contributed by atoms with Crippen LogP contribution < -0.4 is 0 Å². The molecule has 0 spiro atoms. The van der Waals surface area contributed by atoms with E-state index < -0.39 is 10.0 Å². The molecule has 2 heterocycles. The van der Waals surface area contributed by atoms with Crippen LogP contribution in [0.15, 0.2) is 24.5 Å². The second-order valence-electron chi connectivity index (χ2n) is 5.45. The van der Waals surface area contributed by atoms with Crippen LogP contribution in [-0.4, -0.2) is 56.4 Å². The quantitative estimate of drug-likeness (QED) is 0.722. The van der Waals surface area contributed by atoms with Crippen LogP contribution in [0.5, 0.6) is 0 Å². The minimum absolute atomic E-state index is 0.0387. The van der Waals surface area contributed by atoms with Gasteiger partial charge in [0.15, 0.2) is 0 Å². The predicted octanol–water partition coefficient (Wildman–Crippen LogP) is 1.43. The summed E-state index contributed by atoms with van der Waals surface area (Å²) in [5, 5.41) is 0. The first-order chi connectivity index (χ1) is 10.6. The van der Waals surface area contributed by atoms with E-state index in [2.05, 4.69) is 4.98 Å². The Kier molecular flexibility index (Phi) is 6.75. The monoisotopic (exact) mass is 328 g/mol. The highest BCUT2D eigenvalue weighted by atomic mass is 32.2. The molecule has 1 unspecified atom stereocenters. The molecule has 0 N–H and O–H groups in total. The van der Waals surface area contributed by atoms with E-state index in [1.165, 1.54) is 4.31 Å². The van der Waals surface area contributed by atoms with Crippen LogP contribution in [0.2, 0.25) is 0 Å². The lowest BCUT2D eigenvalue weighted by Crippen LogP contribution is -2.39. The lowest BCUT2D eigenvalue weighted by Gasteiger charge is -2.27. The van der Waals surface area contributed by atoms with Crippen LogP contribution in [0, 0.1) is 0 Å². The van der Waals surface area contributed by atoms with Gasteiger partial charge in [0, 0.05) is 39.2 Å². The van der Waals surface area contributed by atoms with E-state index in [0.29, 0.717) is 26.3 Å². The van der Waals surface area contributed by atoms with Gasteiger partial charge in [-0.1, -0.05) is 6.07 Å². The zero-order chi connectivity index (χ0) is 15.8. The summed E-state index contributed by atoms with van der Waals surface area (Å²) in [5.74, 6) is 0.0387. The minimum atomic E-state index is -3.39. The van der Waals surface area contributed by atoms with Gasteiger partial charge in [0.2, 0.25) is 10.0 Å². The molecule has 1 atom stereocenters. The van der Waals surface area contributed by atoms with Crippen molar-refractivity contribution in [2.24, 2.45) is 0 Å². The van der Waals surface area contributed by atoms with Gasteiger partial charge in [-0.3, -0.25) is 4.98 Å². The topological polar surface area (TPSA) is 68.7 Å². The Hall–Kier alpha value is -1.02. The molecule has 1 aliphatic rings. The first-order valence-electron chi connectivity index (χ1n) is 7.59. The molecule has 124 valence electrons. The van der Waals surface area contributed by atoms with Gasteiger partial charge < -0.3 is 9.47 Å². The summed E-state index contributed by atoms with van der Waals surface area (Å²) in [7, 11) is -1.82. The second kappa shape index (κ2) is 8.57. The zero-order valence-corrected chi connectivity index (χ0v) is 13.8. The number of hydrogen-bond acceptors (Lipinski definition) is 5. The number of aromatic nitrogens is 1. The highest BCUT2D eigenvalue weighted by molar-refractivity contribution is 7.89. The smallest absolute Gasteiger partial charge is 0.217 e. The summed E-state index contributed by atoms with van der Waals surface area (Å²) < 4.78 is 37.4. The molecule has 1 saturated heterocycles. The van der Waals surface area contributed by atoms with Crippen LogP contribution in [-0.2, 0) is 26.0 Å². The summed E-state index contributed by atoms with van der Waals surface area (Å²) in [6.45, 7) is 1.67. The molecule has 0 bridgehead atoms. The van der Waals surface area contributed by atoms with Gasteiger partial charge in [-0.2, -0.15) is 4.31 Å². The van der Waals surface area contributed by atoms with E-state index in [1.54, 1.807) is 25.6 Å². The Morgan fingerprint density at radius 3 is 2.95 bits per heavy atom. The summed E-state index contributed by atoms with van der Waals surface area (Å²) in [6.07, 6.45) is 6.02. The van der Waals surface area contributed by atoms with Crippen molar-refractivity contribution in [3.63, 3.8) is 0 Å². The molecule has 6 nitrogen and oxygen atoms in total. The van der Waals surface area contributed by atoms with Crippen LogP contribution in [0.3, 0.4) is 0 Å². The van der Waals surface area contributed by atoms with E-state index in [-0.39, 0.29) is 11.9 Å². The Morgan fingerprint density at radius 2 is 2.32 bits per heavy atom. The maximum absolute atomic E-state index is 12.7. The number of pyridine rings is 1. The fourth-order valence-corrected chi connectivity index (χ4v) is 4.13. The van der Waals surface area contributed by atoms with E-state index in [0.717, 1.165) is 24.8 Å². The Bertz CT molecular complexity index is 530. The van der Waals surface area contributed by atoms with Crippen molar-refractivity contribution in [2.75, 3.05) is 32.6 Å². The molecule has 1 fully saturated rings. The van der Waals surface area contributed by atoms with Crippen molar-refractivity contribution < 1.29 is 17.9 Å². The first-order valence-corrected chi connectivity index (χ1v) is 9.20. The maximum Gasteiger partial charge on any atom is 0.217 e. The molecule has 1 aliphatic heterocycles. The van der Waals surface area contributed by atoms with Crippen molar-refractivity contribution >= 4 is 10.0 Å². The van der Waals surface area contributed by atoms with E-state index in [4.69, 9.17) is 9.47 Å². The number of methoxy groups -OCH3 is 1. The van der Waals surface area contributed by atoms with Crippen molar-refractivity contribution in [1.82, 2.24) is 9.29 Å². The number of ether oxygens (including phenoxy) is 2. The minimum Gasteiger partial charge on any atom is -0.383 e. The fraction of sp³-hybridized carbons (Fsp3) is 0.667. The highest BCUT2D eigenvalue weighted by Gasteiger charge is 2.27. The Morgan fingerprint density at radius 1 is 1.45 bits per heavy atom. The lowest BCUT2D eigenvalue weighted by molar-refractivity contribution is 0.0297. The van der Waals surface area contributed by atoms with Crippen molar-refractivity contribution in [2.45, 2.75) is 31.9 Å². The van der Waals surface area contributed by atoms with Crippen LogP contribution in [0.25, 0.3) is 0 Å². The van der Waals surface area contributed by atoms with Crippen molar-refractivity contribution in [3.05, 3.63) is 30.1 Å². The van der Waals surface area contributed by atoms with Crippen molar-refractivity contribution in [3.8, 4) is 0 Å². The number of sulfonamides is 1. The normalized spacial score (nSPS) is 19.5. The molecular formula is C15H24N2O4S. The molecule has 1 aromatic rings. The molecule has 0 aliphatic carbocycles. The van der Waals surface area contributed by atoms with E-state index in [9.17, 15) is 8.42 Å². The molecule has 0 aromatic carbocycles. The van der Waals surface area contributed by atoms with Crippen LogP contribution >= 0.6 is 0 Å². The Balaban J connectivity index is 2.05. The molecule has 0 radical (unpaired) electrons. The van der Waals surface area contributed by atoms with Crippen LogP contribution in [0.4, 0.5) is 0 Å².